The van der Waals surface area contributed by atoms with Gasteiger partial charge in [-0.25, -0.2) is 0 Å². The predicted molar refractivity (Wildman–Crippen MR) is 70.6 cm³/mol. The SMILES string of the molecule is CC(C)(C)C1CCN(C(C)(C)C)C12CCC2. The lowest BCUT2D eigenvalue weighted by Gasteiger charge is -2.57. The summed E-state index contributed by atoms with van der Waals surface area (Å²) in [4.78, 5) is 2.82. The molecule has 1 unspecified atom stereocenters. The molecule has 1 spiro atoms. The van der Waals surface area contributed by atoms with Crippen LogP contribution in [0.3, 0.4) is 0 Å². The van der Waals surface area contributed by atoms with Crippen LogP contribution in [0.25, 0.3) is 0 Å². The van der Waals surface area contributed by atoms with Gasteiger partial charge in [-0.3, -0.25) is 4.90 Å². The van der Waals surface area contributed by atoms with E-state index < -0.39 is 0 Å². The maximum atomic E-state index is 2.82. The lowest BCUT2D eigenvalue weighted by molar-refractivity contribution is -0.0607. The third kappa shape index (κ3) is 1.72. The average Bonchev–Trinajstić information content (AvgIpc) is 2.38. The molecule has 0 aromatic carbocycles. The number of nitrogens with zero attached hydrogens (tertiary/aromatic N) is 1. The molecule has 16 heavy (non-hydrogen) atoms. The van der Waals surface area contributed by atoms with Crippen molar-refractivity contribution in [1.29, 1.82) is 0 Å². The van der Waals surface area contributed by atoms with Gasteiger partial charge in [-0.1, -0.05) is 20.8 Å². The van der Waals surface area contributed by atoms with Crippen LogP contribution in [0.5, 0.6) is 0 Å². The van der Waals surface area contributed by atoms with Crippen LogP contribution in [0.15, 0.2) is 0 Å². The Morgan fingerprint density at radius 3 is 1.88 bits per heavy atom. The van der Waals surface area contributed by atoms with Crippen molar-refractivity contribution < 1.29 is 0 Å². The van der Waals surface area contributed by atoms with E-state index >= 15 is 0 Å². The molecular formula is C15H29N. The van der Waals surface area contributed by atoms with Gasteiger partial charge in [0.05, 0.1) is 0 Å². The molecule has 2 aliphatic rings. The van der Waals surface area contributed by atoms with Crippen molar-refractivity contribution >= 4 is 0 Å². The van der Waals surface area contributed by atoms with E-state index in [4.69, 9.17) is 0 Å². The van der Waals surface area contributed by atoms with Crippen molar-refractivity contribution in [3.8, 4) is 0 Å². The highest BCUT2D eigenvalue weighted by molar-refractivity contribution is 5.12. The number of hydrogen-bond donors (Lipinski definition) is 0. The first-order valence-corrected chi connectivity index (χ1v) is 6.96. The van der Waals surface area contributed by atoms with Gasteiger partial charge in [0.2, 0.25) is 0 Å². The van der Waals surface area contributed by atoms with Crippen molar-refractivity contribution in [1.82, 2.24) is 4.90 Å². The van der Waals surface area contributed by atoms with E-state index in [1.807, 2.05) is 0 Å². The van der Waals surface area contributed by atoms with Gasteiger partial charge in [-0.05, 0) is 64.3 Å². The second-order valence-corrected chi connectivity index (χ2v) is 7.99. The molecule has 1 aliphatic carbocycles. The average molecular weight is 223 g/mol. The molecule has 1 saturated heterocycles. The van der Waals surface area contributed by atoms with E-state index in [1.165, 1.54) is 32.2 Å². The summed E-state index contributed by atoms with van der Waals surface area (Å²) in [6, 6.07) is 0. The third-order valence-corrected chi connectivity index (χ3v) is 4.90. The zero-order valence-corrected chi connectivity index (χ0v) is 12.1. The monoisotopic (exact) mass is 223 g/mol. The van der Waals surface area contributed by atoms with Gasteiger partial charge < -0.3 is 0 Å². The number of hydrogen-bond acceptors (Lipinski definition) is 1. The van der Waals surface area contributed by atoms with Gasteiger partial charge in [0.1, 0.15) is 0 Å². The van der Waals surface area contributed by atoms with E-state index in [2.05, 4.69) is 46.4 Å². The van der Waals surface area contributed by atoms with Crippen molar-refractivity contribution in [2.24, 2.45) is 11.3 Å². The molecule has 1 atom stereocenters. The van der Waals surface area contributed by atoms with E-state index in [9.17, 15) is 0 Å². The Hall–Kier alpha value is -0.0400. The number of likely N-dealkylation sites (tertiary alicyclic amines) is 1. The minimum absolute atomic E-state index is 0.348. The van der Waals surface area contributed by atoms with Crippen LogP contribution in [-0.2, 0) is 0 Å². The molecule has 1 aliphatic heterocycles. The van der Waals surface area contributed by atoms with E-state index in [1.54, 1.807) is 0 Å². The second-order valence-electron chi connectivity index (χ2n) is 7.99. The first-order valence-electron chi connectivity index (χ1n) is 6.96. The second kappa shape index (κ2) is 3.48. The summed E-state index contributed by atoms with van der Waals surface area (Å²) in [6.07, 6.45) is 5.72. The minimum atomic E-state index is 0.348. The van der Waals surface area contributed by atoms with Crippen LogP contribution in [0.1, 0.15) is 67.2 Å². The van der Waals surface area contributed by atoms with Crippen LogP contribution in [0, 0.1) is 11.3 Å². The summed E-state index contributed by atoms with van der Waals surface area (Å²) >= 11 is 0. The lowest BCUT2D eigenvalue weighted by Crippen LogP contribution is -2.61. The lowest BCUT2D eigenvalue weighted by atomic mass is 9.60. The fourth-order valence-corrected chi connectivity index (χ4v) is 4.34. The van der Waals surface area contributed by atoms with Gasteiger partial charge in [0.15, 0.2) is 0 Å². The van der Waals surface area contributed by atoms with Gasteiger partial charge >= 0.3 is 0 Å². The van der Waals surface area contributed by atoms with E-state index in [-0.39, 0.29) is 0 Å². The molecule has 2 rings (SSSR count). The Balaban J connectivity index is 2.28. The first-order chi connectivity index (χ1) is 7.18. The normalized spacial score (nSPS) is 30.8. The molecule has 0 bridgehead atoms. The molecule has 94 valence electrons. The summed E-state index contributed by atoms with van der Waals surface area (Å²) in [5, 5.41) is 0. The molecule has 1 heterocycles. The first kappa shape index (κ1) is 12.4. The highest BCUT2D eigenvalue weighted by Crippen LogP contribution is 2.56. The Morgan fingerprint density at radius 1 is 1.00 bits per heavy atom. The fraction of sp³-hybridized carbons (Fsp3) is 1.00. The topological polar surface area (TPSA) is 3.24 Å². The maximum absolute atomic E-state index is 2.82. The third-order valence-electron chi connectivity index (χ3n) is 4.90. The fourth-order valence-electron chi connectivity index (χ4n) is 4.34. The van der Waals surface area contributed by atoms with Gasteiger partial charge in [-0.2, -0.15) is 0 Å². The molecule has 0 aromatic rings. The minimum Gasteiger partial charge on any atom is -0.293 e. The molecular weight excluding hydrogens is 194 g/mol. The summed E-state index contributed by atoms with van der Waals surface area (Å²) < 4.78 is 0. The molecule has 1 nitrogen and oxygen atoms in total. The Bertz CT molecular complexity index is 238. The van der Waals surface area contributed by atoms with Gasteiger partial charge in [-0.15, -0.1) is 0 Å². The van der Waals surface area contributed by atoms with Crippen LogP contribution in [0.4, 0.5) is 0 Å². The smallest absolute Gasteiger partial charge is 0.0248 e. The predicted octanol–water partition coefficient (Wildman–Crippen LogP) is 4.08. The van der Waals surface area contributed by atoms with E-state index in [0.717, 1.165) is 5.92 Å². The van der Waals surface area contributed by atoms with Crippen LogP contribution in [-0.4, -0.2) is 22.5 Å². The highest BCUT2D eigenvalue weighted by atomic mass is 15.3. The van der Waals surface area contributed by atoms with Crippen molar-refractivity contribution in [2.75, 3.05) is 6.54 Å². The molecule has 0 N–H and O–H groups in total. The van der Waals surface area contributed by atoms with E-state index in [0.29, 0.717) is 16.5 Å². The molecule has 0 radical (unpaired) electrons. The molecule has 1 saturated carbocycles. The largest absolute Gasteiger partial charge is 0.293 e. The molecule has 0 amide bonds. The van der Waals surface area contributed by atoms with Crippen LogP contribution >= 0.6 is 0 Å². The zero-order chi connectivity index (χ0) is 12.2. The molecule has 0 aromatic heterocycles. The summed E-state index contributed by atoms with van der Waals surface area (Å²) in [6.45, 7) is 15.8. The summed E-state index contributed by atoms with van der Waals surface area (Å²) in [5.74, 6) is 0.896. The number of rotatable bonds is 0. The van der Waals surface area contributed by atoms with Crippen molar-refractivity contribution in [2.45, 2.75) is 78.3 Å². The Morgan fingerprint density at radius 2 is 1.56 bits per heavy atom. The van der Waals surface area contributed by atoms with Crippen molar-refractivity contribution in [3.05, 3.63) is 0 Å². The highest BCUT2D eigenvalue weighted by Gasteiger charge is 2.57. The van der Waals surface area contributed by atoms with Gasteiger partial charge in [0.25, 0.3) is 0 Å². The zero-order valence-electron chi connectivity index (χ0n) is 12.1. The Labute approximate surface area is 102 Å². The van der Waals surface area contributed by atoms with Crippen LogP contribution < -0.4 is 0 Å². The molecule has 2 fully saturated rings. The Kier molecular flexibility index (Phi) is 2.70. The maximum Gasteiger partial charge on any atom is 0.0248 e. The van der Waals surface area contributed by atoms with Crippen LogP contribution in [0.2, 0.25) is 0 Å². The summed E-state index contributed by atoms with van der Waals surface area (Å²) in [5.41, 5.74) is 1.37. The van der Waals surface area contributed by atoms with Gasteiger partial charge in [0, 0.05) is 11.1 Å². The van der Waals surface area contributed by atoms with Crippen molar-refractivity contribution in [3.63, 3.8) is 0 Å². The quantitative estimate of drug-likeness (QED) is 0.598. The standard InChI is InChI=1S/C15H29N/c1-13(2,3)12-8-11-16(14(4,5)6)15(12)9-7-10-15/h12H,7-11H2,1-6H3. The molecule has 1 heteroatoms. The summed E-state index contributed by atoms with van der Waals surface area (Å²) in [7, 11) is 0.